The summed E-state index contributed by atoms with van der Waals surface area (Å²) in [5.74, 6) is 2.64. The highest BCUT2D eigenvalue weighted by molar-refractivity contribution is 7.18. The molecule has 3 heterocycles. The third kappa shape index (κ3) is 2.96. The van der Waals surface area contributed by atoms with Crippen LogP contribution in [0.5, 0.6) is 17.2 Å². The van der Waals surface area contributed by atoms with Crippen LogP contribution in [0.15, 0.2) is 23.0 Å². The van der Waals surface area contributed by atoms with Crippen LogP contribution in [0.4, 0.5) is 0 Å². The van der Waals surface area contributed by atoms with Gasteiger partial charge in [-0.2, -0.15) is 0 Å². The molecule has 0 saturated heterocycles. The first-order chi connectivity index (χ1) is 13.6. The lowest BCUT2D eigenvalue weighted by Crippen LogP contribution is -2.19. The van der Waals surface area contributed by atoms with Gasteiger partial charge in [-0.15, -0.1) is 11.3 Å². The number of rotatable bonds is 5. The van der Waals surface area contributed by atoms with Gasteiger partial charge in [0.2, 0.25) is 0 Å². The van der Waals surface area contributed by atoms with Crippen molar-refractivity contribution < 1.29 is 14.2 Å². The summed E-state index contributed by atoms with van der Waals surface area (Å²) in [4.78, 5) is 19.7. The molecule has 146 valence electrons. The van der Waals surface area contributed by atoms with Crippen LogP contribution in [0.1, 0.15) is 29.6 Å². The van der Waals surface area contributed by atoms with Gasteiger partial charge in [0.1, 0.15) is 16.4 Å². The third-order valence-corrected chi connectivity index (χ3v) is 6.18. The monoisotopic (exact) mass is 398 g/mol. The number of methoxy groups -OCH3 is 3. The summed E-state index contributed by atoms with van der Waals surface area (Å²) in [6, 6.07) is 5.66. The van der Waals surface area contributed by atoms with Gasteiger partial charge in [-0.05, 0) is 36.6 Å². The van der Waals surface area contributed by atoms with E-state index in [0.29, 0.717) is 23.8 Å². The molecule has 0 fully saturated rings. The molecule has 0 bridgehead atoms. The Balaban J connectivity index is 1.86. The van der Waals surface area contributed by atoms with Gasteiger partial charge >= 0.3 is 0 Å². The number of aromatic nitrogens is 2. The molecule has 6 nitrogen and oxygen atoms in total. The Hall–Kier alpha value is -2.80. The number of hydrogen-bond donors (Lipinski definition) is 0. The minimum Gasteiger partial charge on any atom is -0.496 e. The summed E-state index contributed by atoms with van der Waals surface area (Å²) in [5.41, 5.74) is 1.91. The van der Waals surface area contributed by atoms with Gasteiger partial charge in [-0.3, -0.25) is 9.36 Å². The molecule has 1 aliphatic rings. The standard InChI is InChI=1S/C21H22N2O4S/c1-5-14-10-15-20(28-14)22-19-12(6-7-23(19)21(15)24)8-13-9-17(26-3)18(27-4)11-16(13)25-2/h8-11H,5-7H2,1-4H3/b12-8-. The molecule has 0 atom stereocenters. The molecule has 0 amide bonds. The van der Waals surface area contributed by atoms with Crippen LogP contribution < -0.4 is 19.8 Å². The summed E-state index contributed by atoms with van der Waals surface area (Å²) >= 11 is 1.59. The quantitative estimate of drug-likeness (QED) is 0.650. The molecule has 28 heavy (non-hydrogen) atoms. The fraction of sp³-hybridized carbons (Fsp3) is 0.333. The van der Waals surface area contributed by atoms with E-state index < -0.39 is 0 Å². The summed E-state index contributed by atoms with van der Waals surface area (Å²) in [6.07, 6.45) is 3.67. The van der Waals surface area contributed by atoms with E-state index >= 15 is 0 Å². The second-order valence-electron chi connectivity index (χ2n) is 6.55. The molecule has 1 aliphatic heterocycles. The number of thiophene rings is 1. The zero-order valence-corrected chi connectivity index (χ0v) is 17.2. The van der Waals surface area contributed by atoms with Gasteiger partial charge in [0.15, 0.2) is 11.5 Å². The number of benzene rings is 1. The number of aryl methyl sites for hydroxylation is 1. The first-order valence-corrected chi connectivity index (χ1v) is 9.95. The van der Waals surface area contributed by atoms with Crippen LogP contribution in [0.2, 0.25) is 0 Å². The summed E-state index contributed by atoms with van der Waals surface area (Å²) in [5, 5.41) is 0.718. The van der Waals surface area contributed by atoms with E-state index in [4.69, 9.17) is 19.2 Å². The lowest BCUT2D eigenvalue weighted by molar-refractivity contribution is 0.348. The van der Waals surface area contributed by atoms with Crippen LogP contribution in [-0.4, -0.2) is 30.9 Å². The van der Waals surface area contributed by atoms with Crippen molar-refractivity contribution in [2.75, 3.05) is 21.3 Å². The van der Waals surface area contributed by atoms with Crippen molar-refractivity contribution in [1.82, 2.24) is 9.55 Å². The molecule has 0 saturated carbocycles. The Labute approximate surface area is 167 Å². The van der Waals surface area contributed by atoms with Gasteiger partial charge in [-0.1, -0.05) is 6.92 Å². The Morgan fingerprint density at radius 2 is 1.82 bits per heavy atom. The Bertz CT molecular complexity index is 1140. The molecule has 4 rings (SSSR count). The SMILES string of the molecule is CCc1cc2c(=O)n3c(nc2s1)/C(=C\c1cc(OC)c(OC)cc1OC)CC3. The highest BCUT2D eigenvalue weighted by Gasteiger charge is 2.23. The normalized spacial score (nSPS) is 14.5. The first-order valence-electron chi connectivity index (χ1n) is 9.13. The van der Waals surface area contributed by atoms with Gasteiger partial charge < -0.3 is 14.2 Å². The third-order valence-electron chi connectivity index (χ3n) is 5.01. The molecule has 0 unspecified atom stereocenters. The molecule has 2 aromatic heterocycles. The van der Waals surface area contributed by atoms with E-state index in [0.717, 1.165) is 40.0 Å². The maximum Gasteiger partial charge on any atom is 0.262 e. The first kappa shape index (κ1) is 18.6. The molecule has 0 aliphatic carbocycles. The number of fused-ring (bicyclic) bond motifs is 2. The van der Waals surface area contributed by atoms with Gasteiger partial charge in [0, 0.05) is 23.1 Å². The van der Waals surface area contributed by atoms with E-state index in [9.17, 15) is 4.79 Å². The molecule has 0 N–H and O–H groups in total. The maximum atomic E-state index is 12.9. The van der Waals surface area contributed by atoms with Crippen molar-refractivity contribution in [3.8, 4) is 17.2 Å². The predicted molar refractivity (Wildman–Crippen MR) is 112 cm³/mol. The van der Waals surface area contributed by atoms with Crippen LogP contribution in [0, 0.1) is 0 Å². The van der Waals surface area contributed by atoms with Crippen molar-refractivity contribution in [3.05, 3.63) is 44.8 Å². The topological polar surface area (TPSA) is 62.6 Å². The van der Waals surface area contributed by atoms with Gasteiger partial charge in [0.05, 0.1) is 26.7 Å². The van der Waals surface area contributed by atoms with E-state index in [1.54, 1.807) is 43.3 Å². The van der Waals surface area contributed by atoms with E-state index in [-0.39, 0.29) is 5.56 Å². The van der Waals surface area contributed by atoms with Crippen LogP contribution in [0.3, 0.4) is 0 Å². The molecule has 0 spiro atoms. The largest absolute Gasteiger partial charge is 0.496 e. The van der Waals surface area contributed by atoms with E-state index in [1.165, 1.54) is 4.88 Å². The second-order valence-corrected chi connectivity index (χ2v) is 7.66. The number of ether oxygens (including phenoxy) is 3. The zero-order chi connectivity index (χ0) is 19.8. The molecule has 7 heteroatoms. The average Bonchev–Trinajstić information content (AvgIpc) is 3.32. The molecule has 3 aromatic rings. The summed E-state index contributed by atoms with van der Waals surface area (Å²) < 4.78 is 18.1. The molecule has 0 radical (unpaired) electrons. The number of allylic oxidation sites excluding steroid dienone is 1. The average molecular weight is 398 g/mol. The van der Waals surface area contributed by atoms with Gasteiger partial charge in [-0.25, -0.2) is 4.98 Å². The number of hydrogen-bond acceptors (Lipinski definition) is 6. The molecular formula is C21H22N2O4S. The fourth-order valence-electron chi connectivity index (χ4n) is 3.53. The number of nitrogens with zero attached hydrogens (tertiary/aromatic N) is 2. The summed E-state index contributed by atoms with van der Waals surface area (Å²) in [6.45, 7) is 2.72. The van der Waals surface area contributed by atoms with E-state index in [1.807, 2.05) is 18.2 Å². The lowest BCUT2D eigenvalue weighted by Gasteiger charge is -2.12. The Kier molecular flexibility index (Phi) is 4.85. The highest BCUT2D eigenvalue weighted by atomic mass is 32.1. The van der Waals surface area contributed by atoms with Crippen molar-refractivity contribution in [2.45, 2.75) is 26.3 Å². The van der Waals surface area contributed by atoms with Crippen molar-refractivity contribution >= 4 is 33.2 Å². The second kappa shape index (κ2) is 7.31. The highest BCUT2D eigenvalue weighted by Crippen LogP contribution is 2.38. The summed E-state index contributed by atoms with van der Waals surface area (Å²) in [7, 11) is 4.82. The molecule has 1 aromatic carbocycles. The van der Waals surface area contributed by atoms with Crippen LogP contribution in [-0.2, 0) is 13.0 Å². The van der Waals surface area contributed by atoms with Gasteiger partial charge in [0.25, 0.3) is 5.56 Å². The Morgan fingerprint density at radius 3 is 2.50 bits per heavy atom. The zero-order valence-electron chi connectivity index (χ0n) is 16.4. The van der Waals surface area contributed by atoms with Crippen molar-refractivity contribution in [1.29, 1.82) is 0 Å². The minimum absolute atomic E-state index is 0.0404. The predicted octanol–water partition coefficient (Wildman–Crippen LogP) is 3.99. The van der Waals surface area contributed by atoms with Crippen LogP contribution >= 0.6 is 11.3 Å². The van der Waals surface area contributed by atoms with Crippen molar-refractivity contribution in [2.24, 2.45) is 0 Å². The minimum atomic E-state index is 0.0404. The fourth-order valence-corrected chi connectivity index (χ4v) is 4.48. The Morgan fingerprint density at radius 1 is 1.11 bits per heavy atom. The maximum absolute atomic E-state index is 12.9. The lowest BCUT2D eigenvalue weighted by atomic mass is 10.1. The van der Waals surface area contributed by atoms with E-state index in [2.05, 4.69) is 6.92 Å². The smallest absolute Gasteiger partial charge is 0.262 e. The van der Waals surface area contributed by atoms with Crippen LogP contribution in [0.25, 0.3) is 21.9 Å². The molecular weight excluding hydrogens is 376 g/mol. The van der Waals surface area contributed by atoms with Crippen molar-refractivity contribution in [3.63, 3.8) is 0 Å².